The van der Waals surface area contributed by atoms with E-state index in [4.69, 9.17) is 9.47 Å². The van der Waals surface area contributed by atoms with E-state index in [1.165, 1.54) is 5.56 Å². The maximum atomic E-state index is 13.5. The maximum absolute atomic E-state index is 13.5. The highest BCUT2D eigenvalue weighted by Gasteiger charge is 2.35. The molecule has 2 aromatic carbocycles. The van der Waals surface area contributed by atoms with Gasteiger partial charge in [0.2, 0.25) is 6.79 Å². The summed E-state index contributed by atoms with van der Waals surface area (Å²) in [5, 5.41) is 13.8. The van der Waals surface area contributed by atoms with E-state index in [9.17, 15) is 4.79 Å². The average Bonchev–Trinajstić information content (AvgIpc) is 3.55. The second-order valence-electron chi connectivity index (χ2n) is 11.2. The number of hydrogen-bond donors (Lipinski definition) is 1. The third-order valence-electron chi connectivity index (χ3n) is 7.31. The fourth-order valence-electron chi connectivity index (χ4n) is 5.35. The monoisotopic (exact) mass is 515 g/mol. The number of benzene rings is 2. The Kier molecular flexibility index (Phi) is 6.16. The van der Waals surface area contributed by atoms with Crippen molar-refractivity contribution in [3.63, 3.8) is 0 Å². The van der Waals surface area contributed by atoms with E-state index >= 15 is 0 Å². The molecule has 1 N–H and O–H groups in total. The Morgan fingerprint density at radius 1 is 1.00 bits per heavy atom. The van der Waals surface area contributed by atoms with Crippen molar-refractivity contribution in [2.45, 2.75) is 45.8 Å². The van der Waals surface area contributed by atoms with Gasteiger partial charge in [0.25, 0.3) is 5.56 Å². The second-order valence-corrected chi connectivity index (χ2v) is 11.2. The number of fused-ring (bicyclic) bond motifs is 2. The van der Waals surface area contributed by atoms with Gasteiger partial charge in [-0.2, -0.15) is 0 Å². The number of aromatic nitrogens is 5. The van der Waals surface area contributed by atoms with Gasteiger partial charge in [-0.3, -0.25) is 14.6 Å². The molecule has 2 aliphatic heterocycles. The Hall–Kier alpha value is -3.76. The van der Waals surface area contributed by atoms with E-state index in [-0.39, 0.29) is 23.9 Å². The maximum Gasteiger partial charge on any atom is 0.253 e. The van der Waals surface area contributed by atoms with Crippen molar-refractivity contribution in [2.75, 3.05) is 33.0 Å². The van der Waals surface area contributed by atoms with Crippen LogP contribution in [0.1, 0.15) is 49.3 Å². The zero-order valence-electron chi connectivity index (χ0n) is 22.3. The first-order valence-corrected chi connectivity index (χ1v) is 13.0. The molecular formula is C28H33N7O3. The molecule has 0 radical (unpaired) electrons. The summed E-state index contributed by atoms with van der Waals surface area (Å²) in [7, 11) is 0. The number of tetrazole rings is 1. The molecule has 38 heavy (non-hydrogen) atoms. The molecule has 0 spiro atoms. The first-order valence-electron chi connectivity index (χ1n) is 13.0. The third-order valence-corrected chi connectivity index (χ3v) is 7.31. The number of hydrogen-bond acceptors (Lipinski definition) is 8. The van der Waals surface area contributed by atoms with Crippen molar-refractivity contribution in [1.29, 1.82) is 0 Å². The van der Waals surface area contributed by atoms with Gasteiger partial charge in [-0.05, 0) is 78.9 Å². The van der Waals surface area contributed by atoms with E-state index in [1.807, 2.05) is 29.8 Å². The smallest absolute Gasteiger partial charge is 0.253 e. The number of nitrogens with zero attached hydrogens (tertiary/aromatic N) is 6. The van der Waals surface area contributed by atoms with Crippen molar-refractivity contribution in [2.24, 2.45) is 0 Å². The lowest BCUT2D eigenvalue weighted by molar-refractivity contribution is 0.0975. The summed E-state index contributed by atoms with van der Waals surface area (Å²) >= 11 is 0. The molecule has 2 aliphatic rings. The Balaban J connectivity index is 1.30. The molecule has 2 aromatic heterocycles. The van der Waals surface area contributed by atoms with Crippen LogP contribution < -0.4 is 15.0 Å². The van der Waals surface area contributed by atoms with Crippen LogP contribution in [0.5, 0.6) is 11.5 Å². The van der Waals surface area contributed by atoms with Gasteiger partial charge in [-0.1, -0.05) is 18.2 Å². The second kappa shape index (κ2) is 9.52. The van der Waals surface area contributed by atoms with Gasteiger partial charge in [0.1, 0.15) is 6.04 Å². The van der Waals surface area contributed by atoms with Crippen molar-refractivity contribution in [1.82, 2.24) is 35.0 Å². The summed E-state index contributed by atoms with van der Waals surface area (Å²) in [6.45, 7) is 12.6. The minimum atomic E-state index is -0.369. The van der Waals surface area contributed by atoms with Crippen LogP contribution in [0.2, 0.25) is 0 Å². The summed E-state index contributed by atoms with van der Waals surface area (Å²) in [4.78, 5) is 21.3. The zero-order valence-corrected chi connectivity index (χ0v) is 22.3. The summed E-state index contributed by atoms with van der Waals surface area (Å²) in [6, 6.07) is 13.9. The Bertz CT molecular complexity index is 1530. The van der Waals surface area contributed by atoms with E-state index in [0.29, 0.717) is 11.4 Å². The van der Waals surface area contributed by atoms with Crippen LogP contribution in [0, 0.1) is 6.92 Å². The van der Waals surface area contributed by atoms with Gasteiger partial charge >= 0.3 is 0 Å². The number of piperazine rings is 1. The summed E-state index contributed by atoms with van der Waals surface area (Å²) in [5.41, 5.74) is 3.34. The minimum absolute atomic E-state index is 0.112. The van der Waals surface area contributed by atoms with Crippen LogP contribution in [0.15, 0.2) is 47.3 Å². The highest BCUT2D eigenvalue weighted by Crippen LogP contribution is 2.34. The number of nitrogens with one attached hydrogen (secondary N) is 1. The molecule has 198 valence electrons. The van der Waals surface area contributed by atoms with E-state index in [1.54, 1.807) is 0 Å². The number of aryl methyl sites for hydroxylation is 1. The number of aromatic amines is 1. The van der Waals surface area contributed by atoms with Crippen molar-refractivity contribution >= 4 is 10.9 Å². The Morgan fingerprint density at radius 3 is 2.58 bits per heavy atom. The van der Waals surface area contributed by atoms with E-state index in [2.05, 4.69) is 75.3 Å². The van der Waals surface area contributed by atoms with E-state index in [0.717, 1.165) is 60.7 Å². The lowest BCUT2D eigenvalue weighted by Gasteiger charge is -2.39. The minimum Gasteiger partial charge on any atom is -0.454 e. The van der Waals surface area contributed by atoms with Crippen LogP contribution in [-0.4, -0.2) is 68.0 Å². The molecule has 6 rings (SSSR count). The van der Waals surface area contributed by atoms with Crippen LogP contribution in [0.25, 0.3) is 10.9 Å². The molecule has 0 aliphatic carbocycles. The Morgan fingerprint density at radius 2 is 1.79 bits per heavy atom. The molecule has 0 saturated carbocycles. The fraction of sp³-hybridized carbons (Fsp3) is 0.429. The molecule has 10 nitrogen and oxygen atoms in total. The van der Waals surface area contributed by atoms with Crippen LogP contribution in [0.4, 0.5) is 0 Å². The molecular weight excluding hydrogens is 482 g/mol. The lowest BCUT2D eigenvalue weighted by atomic mass is 10.0. The van der Waals surface area contributed by atoms with E-state index < -0.39 is 0 Å². The number of ether oxygens (including phenoxy) is 2. The van der Waals surface area contributed by atoms with Crippen molar-refractivity contribution in [3.8, 4) is 11.5 Å². The lowest BCUT2D eigenvalue weighted by Crippen LogP contribution is -2.49. The highest BCUT2D eigenvalue weighted by atomic mass is 16.7. The van der Waals surface area contributed by atoms with Gasteiger partial charge in [0, 0.05) is 43.8 Å². The first-order chi connectivity index (χ1) is 18.3. The normalized spacial score (nSPS) is 17.3. The molecule has 0 unspecified atom stereocenters. The van der Waals surface area contributed by atoms with Crippen LogP contribution >= 0.6 is 0 Å². The molecule has 4 heterocycles. The molecule has 1 atom stereocenters. The first kappa shape index (κ1) is 24.6. The molecule has 1 fully saturated rings. The molecule has 1 saturated heterocycles. The summed E-state index contributed by atoms with van der Waals surface area (Å²) in [6.07, 6.45) is 0. The molecule has 0 amide bonds. The standard InChI is InChI=1S/C28H33N7O3/c1-18-5-7-20-15-21(27(36)29-22(20)13-18)25(26-30-31-32-35(26)28(2,3)4)34-11-9-33(10-12-34)16-19-6-8-23-24(14-19)38-17-37-23/h5-8,13-15,25H,9-12,16-17H2,1-4H3,(H,29,36)/t25-/m0/s1. The van der Waals surface area contributed by atoms with Gasteiger partial charge in [-0.25, -0.2) is 4.68 Å². The SMILES string of the molecule is Cc1ccc2cc([C@@H](c3nnnn3C(C)(C)C)N3CCN(Cc4ccc5c(c4)OCO5)CC3)c(=O)[nH]c2c1. The number of H-pyrrole nitrogens is 1. The summed E-state index contributed by atoms with van der Waals surface area (Å²) < 4.78 is 12.8. The van der Waals surface area contributed by atoms with Gasteiger partial charge in [0.15, 0.2) is 17.3 Å². The van der Waals surface area contributed by atoms with Crippen molar-refractivity contribution in [3.05, 3.63) is 75.3 Å². The number of rotatable bonds is 5. The average molecular weight is 516 g/mol. The summed E-state index contributed by atoms with van der Waals surface area (Å²) in [5.74, 6) is 2.29. The van der Waals surface area contributed by atoms with Gasteiger partial charge in [-0.15, -0.1) is 5.10 Å². The quantitative estimate of drug-likeness (QED) is 0.432. The largest absolute Gasteiger partial charge is 0.454 e. The topological polar surface area (TPSA) is 101 Å². The predicted molar refractivity (Wildman–Crippen MR) is 143 cm³/mol. The fourth-order valence-corrected chi connectivity index (χ4v) is 5.35. The van der Waals surface area contributed by atoms with Crippen LogP contribution in [-0.2, 0) is 12.1 Å². The molecule has 10 heteroatoms. The Labute approximate surface area is 221 Å². The van der Waals surface area contributed by atoms with Gasteiger partial charge in [0.05, 0.1) is 5.54 Å². The molecule has 4 aromatic rings. The number of pyridine rings is 1. The van der Waals surface area contributed by atoms with Gasteiger partial charge < -0.3 is 14.5 Å². The van der Waals surface area contributed by atoms with Crippen molar-refractivity contribution < 1.29 is 9.47 Å². The third kappa shape index (κ3) is 4.65. The molecule has 0 bridgehead atoms. The highest BCUT2D eigenvalue weighted by molar-refractivity contribution is 5.79. The van der Waals surface area contributed by atoms with Crippen LogP contribution in [0.3, 0.4) is 0 Å². The zero-order chi connectivity index (χ0) is 26.4. The predicted octanol–water partition coefficient (Wildman–Crippen LogP) is 3.21.